The lowest BCUT2D eigenvalue weighted by Gasteiger charge is -2.35. The Hall–Kier alpha value is -2.06. The van der Waals surface area contributed by atoms with Crippen molar-refractivity contribution in [3.63, 3.8) is 0 Å². The molecule has 0 saturated carbocycles. The summed E-state index contributed by atoms with van der Waals surface area (Å²) in [6.07, 6.45) is 7.25. The zero-order valence-electron chi connectivity index (χ0n) is 18.4. The normalized spacial score (nSPS) is 20.5. The third-order valence-corrected chi connectivity index (χ3v) is 7.15. The molecule has 3 rings (SSSR count). The van der Waals surface area contributed by atoms with Gasteiger partial charge in [-0.1, -0.05) is 37.0 Å². The second kappa shape index (κ2) is 11.0. The van der Waals surface area contributed by atoms with E-state index in [0.29, 0.717) is 46.2 Å². The van der Waals surface area contributed by atoms with Gasteiger partial charge in [0.1, 0.15) is 4.32 Å². The van der Waals surface area contributed by atoms with Gasteiger partial charge in [0.25, 0.3) is 5.91 Å². The van der Waals surface area contributed by atoms with E-state index in [4.69, 9.17) is 21.7 Å². The van der Waals surface area contributed by atoms with Crippen molar-refractivity contribution in [3.8, 4) is 11.5 Å². The van der Waals surface area contributed by atoms with Crippen LogP contribution < -0.4 is 9.47 Å². The highest BCUT2D eigenvalue weighted by Gasteiger charge is 2.32. The van der Waals surface area contributed by atoms with Gasteiger partial charge in [-0.2, -0.15) is 0 Å². The molecule has 0 unspecified atom stereocenters. The molecule has 168 valence electrons. The first-order chi connectivity index (χ1) is 15.0. The number of carbonyl (C=O) groups is 2. The standard InChI is InChI=1S/C23H30N2O4S2/c1-4-17-8-5-6-12-24(17)21(26)9-7-13-25-22(27)20(31-23(25)30)15-16-10-11-18(28-2)19(14-16)29-3/h10-11,14-15,17H,4-9,12-13H2,1-3H3/b20-15-/t17-/m0/s1. The van der Waals surface area contributed by atoms with Gasteiger partial charge in [0.05, 0.1) is 19.1 Å². The quantitative estimate of drug-likeness (QED) is 0.419. The molecule has 2 amide bonds. The summed E-state index contributed by atoms with van der Waals surface area (Å²) in [5.41, 5.74) is 0.837. The predicted octanol–water partition coefficient (Wildman–Crippen LogP) is 4.48. The molecular weight excluding hydrogens is 432 g/mol. The number of nitrogens with zero attached hydrogens (tertiary/aromatic N) is 2. The fourth-order valence-corrected chi connectivity index (χ4v) is 5.38. The van der Waals surface area contributed by atoms with Crippen molar-refractivity contribution in [1.29, 1.82) is 0 Å². The first kappa shape index (κ1) is 23.6. The molecule has 8 heteroatoms. The zero-order chi connectivity index (χ0) is 22.4. The molecule has 2 saturated heterocycles. The van der Waals surface area contributed by atoms with Gasteiger partial charge in [-0.05, 0) is 55.9 Å². The maximum absolute atomic E-state index is 12.9. The van der Waals surface area contributed by atoms with Crippen LogP contribution in [0.15, 0.2) is 23.1 Å². The van der Waals surface area contributed by atoms with Gasteiger partial charge in [0, 0.05) is 25.6 Å². The Morgan fingerprint density at radius 3 is 2.74 bits per heavy atom. The van der Waals surface area contributed by atoms with Gasteiger partial charge in [0.15, 0.2) is 11.5 Å². The minimum Gasteiger partial charge on any atom is -0.493 e. The third kappa shape index (κ3) is 5.60. The molecule has 2 heterocycles. The van der Waals surface area contributed by atoms with E-state index in [2.05, 4.69) is 6.92 Å². The molecule has 0 N–H and O–H groups in total. The molecule has 2 fully saturated rings. The Kier molecular flexibility index (Phi) is 8.37. The second-order valence-electron chi connectivity index (χ2n) is 7.70. The van der Waals surface area contributed by atoms with Crippen LogP contribution in [0.5, 0.6) is 11.5 Å². The Bertz CT molecular complexity index is 871. The van der Waals surface area contributed by atoms with E-state index < -0.39 is 0 Å². The molecule has 0 aliphatic carbocycles. The van der Waals surface area contributed by atoms with Crippen LogP contribution >= 0.6 is 24.0 Å². The van der Waals surface area contributed by atoms with Crippen LogP contribution in [0.3, 0.4) is 0 Å². The van der Waals surface area contributed by atoms with Crippen LogP contribution in [0.4, 0.5) is 0 Å². The minimum absolute atomic E-state index is 0.110. The Morgan fingerprint density at radius 1 is 1.26 bits per heavy atom. The molecule has 0 bridgehead atoms. The smallest absolute Gasteiger partial charge is 0.266 e. The van der Waals surface area contributed by atoms with Crippen LogP contribution in [0.1, 0.15) is 51.0 Å². The van der Waals surface area contributed by atoms with Crippen LogP contribution in [0.2, 0.25) is 0 Å². The molecule has 1 aromatic carbocycles. The molecular formula is C23H30N2O4S2. The number of hydrogen-bond acceptors (Lipinski definition) is 6. The average molecular weight is 463 g/mol. The molecule has 2 aliphatic heterocycles. The van der Waals surface area contributed by atoms with Crippen molar-refractivity contribution < 1.29 is 19.1 Å². The number of thioether (sulfide) groups is 1. The summed E-state index contributed by atoms with van der Waals surface area (Å²) in [6, 6.07) is 5.87. The van der Waals surface area contributed by atoms with Crippen molar-refractivity contribution in [2.75, 3.05) is 27.3 Å². The lowest BCUT2D eigenvalue weighted by Crippen LogP contribution is -2.43. The number of piperidine rings is 1. The number of ether oxygens (including phenoxy) is 2. The summed E-state index contributed by atoms with van der Waals surface area (Å²) < 4.78 is 11.1. The Morgan fingerprint density at radius 2 is 2.03 bits per heavy atom. The van der Waals surface area contributed by atoms with Crippen molar-refractivity contribution in [2.45, 2.75) is 51.5 Å². The predicted molar refractivity (Wildman–Crippen MR) is 128 cm³/mol. The number of methoxy groups -OCH3 is 2. The van der Waals surface area contributed by atoms with Gasteiger partial charge >= 0.3 is 0 Å². The summed E-state index contributed by atoms with van der Waals surface area (Å²) >= 11 is 6.72. The zero-order valence-corrected chi connectivity index (χ0v) is 20.0. The van der Waals surface area contributed by atoms with Crippen molar-refractivity contribution in [1.82, 2.24) is 9.80 Å². The monoisotopic (exact) mass is 462 g/mol. The van der Waals surface area contributed by atoms with E-state index in [-0.39, 0.29) is 11.8 Å². The summed E-state index contributed by atoms with van der Waals surface area (Å²) in [5.74, 6) is 1.32. The number of likely N-dealkylation sites (tertiary alicyclic amines) is 1. The van der Waals surface area contributed by atoms with E-state index in [1.54, 1.807) is 25.2 Å². The fourth-order valence-electron chi connectivity index (χ4n) is 4.07. The van der Waals surface area contributed by atoms with Crippen LogP contribution in [-0.4, -0.2) is 59.3 Å². The minimum atomic E-state index is -0.110. The molecule has 0 radical (unpaired) electrons. The molecule has 31 heavy (non-hydrogen) atoms. The first-order valence-corrected chi connectivity index (χ1v) is 12.0. The second-order valence-corrected chi connectivity index (χ2v) is 9.37. The number of thiocarbonyl (C=S) groups is 1. The molecule has 1 aromatic rings. The molecule has 6 nitrogen and oxygen atoms in total. The summed E-state index contributed by atoms with van der Waals surface area (Å²) in [4.78, 5) is 29.8. The third-order valence-electron chi connectivity index (χ3n) is 5.77. The first-order valence-electron chi connectivity index (χ1n) is 10.7. The Balaban J connectivity index is 1.59. The molecule has 2 aliphatic rings. The van der Waals surface area contributed by atoms with Crippen molar-refractivity contribution in [2.24, 2.45) is 0 Å². The fraction of sp³-hybridized carbons (Fsp3) is 0.522. The van der Waals surface area contributed by atoms with E-state index in [1.165, 1.54) is 18.2 Å². The van der Waals surface area contributed by atoms with Gasteiger partial charge in [-0.3, -0.25) is 14.5 Å². The highest BCUT2D eigenvalue weighted by atomic mass is 32.2. The highest BCUT2D eigenvalue weighted by Crippen LogP contribution is 2.35. The lowest BCUT2D eigenvalue weighted by molar-refractivity contribution is -0.135. The van der Waals surface area contributed by atoms with Gasteiger partial charge < -0.3 is 14.4 Å². The van der Waals surface area contributed by atoms with E-state index in [0.717, 1.165) is 31.4 Å². The summed E-state index contributed by atoms with van der Waals surface area (Å²) in [7, 11) is 3.16. The number of amides is 2. The van der Waals surface area contributed by atoms with Gasteiger partial charge in [-0.15, -0.1) is 0 Å². The average Bonchev–Trinajstić information content (AvgIpc) is 3.06. The van der Waals surface area contributed by atoms with Gasteiger partial charge in [-0.25, -0.2) is 0 Å². The largest absolute Gasteiger partial charge is 0.493 e. The summed E-state index contributed by atoms with van der Waals surface area (Å²) in [5, 5.41) is 0. The number of benzene rings is 1. The van der Waals surface area contributed by atoms with Crippen molar-refractivity contribution >= 4 is 46.2 Å². The Labute approximate surface area is 193 Å². The molecule has 0 aromatic heterocycles. The maximum Gasteiger partial charge on any atom is 0.266 e. The molecule has 0 spiro atoms. The SMILES string of the molecule is CC[C@H]1CCCCN1C(=O)CCCN1C(=O)/C(=C/c2ccc(OC)c(OC)c2)SC1=S. The van der Waals surface area contributed by atoms with Gasteiger partial charge in [0.2, 0.25) is 5.91 Å². The topological polar surface area (TPSA) is 59.1 Å². The van der Waals surface area contributed by atoms with E-state index in [1.807, 2.05) is 23.1 Å². The summed E-state index contributed by atoms with van der Waals surface area (Å²) in [6.45, 7) is 3.46. The van der Waals surface area contributed by atoms with E-state index >= 15 is 0 Å². The van der Waals surface area contributed by atoms with Crippen molar-refractivity contribution in [3.05, 3.63) is 28.7 Å². The number of hydrogen-bond donors (Lipinski definition) is 0. The lowest BCUT2D eigenvalue weighted by atomic mass is 9.99. The maximum atomic E-state index is 12.9. The number of carbonyl (C=O) groups excluding carboxylic acids is 2. The van der Waals surface area contributed by atoms with Crippen LogP contribution in [0.25, 0.3) is 6.08 Å². The molecule has 1 atom stereocenters. The number of rotatable bonds is 8. The van der Waals surface area contributed by atoms with Crippen LogP contribution in [-0.2, 0) is 9.59 Å². The van der Waals surface area contributed by atoms with Crippen LogP contribution in [0, 0.1) is 0 Å². The highest BCUT2D eigenvalue weighted by molar-refractivity contribution is 8.26. The van der Waals surface area contributed by atoms with E-state index in [9.17, 15) is 9.59 Å².